The maximum absolute atomic E-state index is 12.6. The second-order valence-electron chi connectivity index (χ2n) is 7.28. The Morgan fingerprint density at radius 3 is 1.90 bits per heavy atom. The Morgan fingerprint density at radius 2 is 1.32 bits per heavy atom. The number of ether oxygens (including phenoxy) is 4. The van der Waals surface area contributed by atoms with Crippen LogP contribution >= 0.6 is 11.6 Å². The fraction of sp³-hybridized carbons (Fsp3) is 0.500. The van der Waals surface area contributed by atoms with E-state index in [-0.39, 0.29) is 35.4 Å². The molecule has 0 aromatic heterocycles. The molecule has 0 fully saturated rings. The zero-order chi connectivity index (χ0) is 22.8. The van der Waals surface area contributed by atoms with Gasteiger partial charge >= 0.3 is 11.9 Å². The quantitative estimate of drug-likeness (QED) is 0.209. The number of hydrogen-bond acceptors (Lipinski definition) is 6. The predicted molar refractivity (Wildman–Crippen MR) is 122 cm³/mol. The van der Waals surface area contributed by atoms with Gasteiger partial charge in [-0.1, -0.05) is 51.1 Å². The molecule has 0 N–H and O–H groups in total. The summed E-state index contributed by atoms with van der Waals surface area (Å²) in [5, 5.41) is 1.49. The molecule has 0 aliphatic carbocycles. The van der Waals surface area contributed by atoms with Gasteiger partial charge in [-0.15, -0.1) is 0 Å². The number of hydrogen-bond donors (Lipinski definition) is 0. The Bertz CT molecular complexity index is 909. The van der Waals surface area contributed by atoms with Crippen molar-refractivity contribution in [2.45, 2.75) is 65.2 Å². The number of carbonyl (C=O) groups excluding carboxylic acids is 2. The summed E-state index contributed by atoms with van der Waals surface area (Å²) in [4.78, 5) is 24.8. The third-order valence-electron chi connectivity index (χ3n) is 4.87. The van der Waals surface area contributed by atoms with Gasteiger partial charge in [-0.25, -0.2) is 0 Å². The monoisotopic (exact) mass is 450 g/mol. The molecule has 0 unspecified atom stereocenters. The first-order valence-corrected chi connectivity index (χ1v) is 11.1. The fourth-order valence-electron chi connectivity index (χ4n) is 3.33. The highest BCUT2D eigenvalue weighted by Gasteiger charge is 2.26. The van der Waals surface area contributed by atoms with E-state index in [0.717, 1.165) is 32.1 Å². The fourth-order valence-corrected chi connectivity index (χ4v) is 3.51. The molecular formula is C24H31ClO6. The van der Waals surface area contributed by atoms with Crippen molar-refractivity contribution >= 4 is 34.3 Å². The largest absolute Gasteiger partial charge is 0.490 e. The lowest BCUT2D eigenvalue weighted by atomic mass is 10.1. The minimum Gasteiger partial charge on any atom is -0.490 e. The SMILES string of the molecule is CCCCCCCC(=O)Oc1c(OC)c(OC)c(OC(=O)CCC)c2ccc(Cl)cc12. The molecule has 0 saturated heterocycles. The Kier molecular flexibility index (Phi) is 9.92. The zero-order valence-corrected chi connectivity index (χ0v) is 19.5. The number of benzene rings is 2. The molecule has 7 heteroatoms. The van der Waals surface area contributed by atoms with Crippen LogP contribution in [0.5, 0.6) is 23.0 Å². The molecule has 2 aromatic rings. The van der Waals surface area contributed by atoms with Gasteiger partial charge in [0.25, 0.3) is 0 Å². The second kappa shape index (κ2) is 12.4. The van der Waals surface area contributed by atoms with Crippen molar-refractivity contribution in [3.8, 4) is 23.0 Å². The van der Waals surface area contributed by atoms with E-state index in [0.29, 0.717) is 28.6 Å². The van der Waals surface area contributed by atoms with Gasteiger partial charge < -0.3 is 18.9 Å². The number of fused-ring (bicyclic) bond motifs is 1. The summed E-state index contributed by atoms with van der Waals surface area (Å²) in [6.45, 7) is 4.04. The highest BCUT2D eigenvalue weighted by molar-refractivity contribution is 6.31. The maximum atomic E-state index is 12.6. The molecule has 31 heavy (non-hydrogen) atoms. The normalized spacial score (nSPS) is 10.7. The number of rotatable bonds is 12. The van der Waals surface area contributed by atoms with Crippen LogP contribution in [0.3, 0.4) is 0 Å². The van der Waals surface area contributed by atoms with Crippen LogP contribution in [-0.2, 0) is 9.59 Å². The van der Waals surface area contributed by atoms with E-state index in [9.17, 15) is 9.59 Å². The maximum Gasteiger partial charge on any atom is 0.311 e. The highest BCUT2D eigenvalue weighted by atomic mass is 35.5. The Balaban J connectivity index is 2.46. The smallest absolute Gasteiger partial charge is 0.311 e. The second-order valence-corrected chi connectivity index (χ2v) is 7.71. The van der Waals surface area contributed by atoms with Gasteiger partial charge in [0, 0.05) is 28.6 Å². The van der Waals surface area contributed by atoms with Crippen molar-refractivity contribution in [1.29, 1.82) is 0 Å². The van der Waals surface area contributed by atoms with Crippen molar-refractivity contribution < 1.29 is 28.5 Å². The molecule has 2 aromatic carbocycles. The third-order valence-corrected chi connectivity index (χ3v) is 5.10. The van der Waals surface area contributed by atoms with Gasteiger partial charge in [-0.2, -0.15) is 0 Å². The first-order valence-electron chi connectivity index (χ1n) is 10.7. The molecule has 0 radical (unpaired) electrons. The van der Waals surface area contributed by atoms with Crippen LogP contribution in [-0.4, -0.2) is 26.2 Å². The van der Waals surface area contributed by atoms with Crippen molar-refractivity contribution in [1.82, 2.24) is 0 Å². The summed E-state index contributed by atoms with van der Waals surface area (Å²) in [5.74, 6) is 0.0164. The van der Waals surface area contributed by atoms with E-state index >= 15 is 0 Å². The van der Waals surface area contributed by atoms with Gasteiger partial charge in [0.1, 0.15) is 0 Å². The van der Waals surface area contributed by atoms with Crippen molar-refractivity contribution in [2.75, 3.05) is 14.2 Å². The number of esters is 2. The summed E-state index contributed by atoms with van der Waals surface area (Å²) in [6, 6.07) is 5.03. The lowest BCUT2D eigenvalue weighted by molar-refractivity contribution is -0.135. The molecule has 0 aliphatic rings. The molecule has 170 valence electrons. The van der Waals surface area contributed by atoms with Crippen LogP contribution < -0.4 is 18.9 Å². The van der Waals surface area contributed by atoms with Crippen LogP contribution in [0.2, 0.25) is 5.02 Å². The summed E-state index contributed by atoms with van der Waals surface area (Å²) in [7, 11) is 2.88. The molecule has 0 amide bonds. The highest BCUT2D eigenvalue weighted by Crippen LogP contribution is 2.51. The molecule has 2 rings (SSSR count). The van der Waals surface area contributed by atoms with Crippen LogP contribution in [0.15, 0.2) is 18.2 Å². The Labute approximate surface area is 188 Å². The number of halogens is 1. The van der Waals surface area contributed by atoms with E-state index in [4.69, 9.17) is 30.5 Å². The summed E-state index contributed by atoms with van der Waals surface area (Å²) in [5.41, 5.74) is 0. The van der Waals surface area contributed by atoms with E-state index in [1.807, 2.05) is 6.92 Å². The molecule has 0 spiro atoms. The van der Waals surface area contributed by atoms with Gasteiger partial charge in [-0.3, -0.25) is 9.59 Å². The number of methoxy groups -OCH3 is 2. The lowest BCUT2D eigenvalue weighted by Crippen LogP contribution is -2.12. The van der Waals surface area contributed by atoms with E-state index in [1.165, 1.54) is 14.2 Å². The van der Waals surface area contributed by atoms with E-state index in [2.05, 4.69) is 6.92 Å². The number of unbranched alkanes of at least 4 members (excludes halogenated alkanes) is 4. The first-order chi connectivity index (χ1) is 15.0. The zero-order valence-electron chi connectivity index (χ0n) is 18.7. The first kappa shape index (κ1) is 24.8. The van der Waals surface area contributed by atoms with Gasteiger partial charge in [0.2, 0.25) is 11.5 Å². The summed E-state index contributed by atoms with van der Waals surface area (Å²) >= 11 is 6.22. The van der Waals surface area contributed by atoms with Crippen molar-refractivity contribution in [2.24, 2.45) is 0 Å². The molecular weight excluding hydrogens is 420 g/mol. The molecule has 0 atom stereocenters. The van der Waals surface area contributed by atoms with Crippen LogP contribution in [0, 0.1) is 0 Å². The topological polar surface area (TPSA) is 71.1 Å². The van der Waals surface area contributed by atoms with Crippen molar-refractivity contribution in [3.05, 3.63) is 23.2 Å². The van der Waals surface area contributed by atoms with Crippen molar-refractivity contribution in [3.63, 3.8) is 0 Å². The minimum atomic E-state index is -0.393. The standard InChI is InChI=1S/C24H31ClO6/c1-5-7-8-9-10-12-20(27)31-22-18-15-16(25)13-14-17(18)21(30-19(26)11-6-2)23(28-3)24(22)29-4/h13-15H,5-12H2,1-4H3. The van der Waals surface area contributed by atoms with Crippen LogP contribution in [0.1, 0.15) is 65.2 Å². The van der Waals surface area contributed by atoms with Crippen LogP contribution in [0.4, 0.5) is 0 Å². The van der Waals surface area contributed by atoms with E-state index in [1.54, 1.807) is 18.2 Å². The molecule has 0 heterocycles. The summed E-state index contributed by atoms with van der Waals surface area (Å²) < 4.78 is 22.4. The average molecular weight is 451 g/mol. The molecule has 0 saturated carbocycles. The lowest BCUT2D eigenvalue weighted by Gasteiger charge is -2.19. The predicted octanol–water partition coefficient (Wildman–Crippen LogP) is 6.48. The van der Waals surface area contributed by atoms with Gasteiger partial charge in [-0.05, 0) is 31.0 Å². The van der Waals surface area contributed by atoms with E-state index < -0.39 is 5.97 Å². The Hall–Kier alpha value is -2.47. The number of carbonyl (C=O) groups is 2. The minimum absolute atomic E-state index is 0.177. The van der Waals surface area contributed by atoms with Gasteiger partial charge in [0.15, 0.2) is 11.5 Å². The molecule has 0 bridgehead atoms. The third kappa shape index (κ3) is 6.50. The van der Waals surface area contributed by atoms with Gasteiger partial charge in [0.05, 0.1) is 14.2 Å². The molecule has 6 nitrogen and oxygen atoms in total. The Morgan fingerprint density at radius 1 is 0.742 bits per heavy atom. The van der Waals surface area contributed by atoms with Crippen LogP contribution in [0.25, 0.3) is 10.8 Å². The average Bonchev–Trinajstić information content (AvgIpc) is 2.74. The summed E-state index contributed by atoms with van der Waals surface area (Å²) in [6.07, 6.45) is 6.32. The molecule has 0 aliphatic heterocycles.